The molecule has 4 heteroatoms. The van der Waals surface area contributed by atoms with E-state index in [0.29, 0.717) is 0 Å². The van der Waals surface area contributed by atoms with E-state index in [0.717, 1.165) is 0 Å². The Morgan fingerprint density at radius 1 is 0.750 bits per heavy atom. The minimum atomic E-state index is 0. The van der Waals surface area contributed by atoms with Gasteiger partial charge in [-0.1, -0.05) is 0 Å². The first-order valence-electron chi connectivity index (χ1n) is 0. The van der Waals surface area contributed by atoms with Crippen molar-refractivity contribution in [2.45, 2.75) is 0 Å². The Bertz CT molecular complexity index is 6.00. The average Bonchev–Trinajstić information content (AvgIpc) is 0. The van der Waals surface area contributed by atoms with Crippen LogP contribution in [-0.4, -0.2) is 21.9 Å². The van der Waals surface area contributed by atoms with Crippen LogP contribution in [0.3, 0.4) is 0 Å². The van der Waals surface area contributed by atoms with Crippen molar-refractivity contribution in [1.29, 1.82) is 0 Å². The molecule has 0 fully saturated rings. The van der Waals surface area contributed by atoms with Gasteiger partial charge in [-0.15, -0.1) is 0 Å². The summed E-state index contributed by atoms with van der Waals surface area (Å²) in [5.41, 5.74) is 0. The first kappa shape index (κ1) is 41.0. The van der Waals surface area contributed by atoms with Crippen LogP contribution in [0.2, 0.25) is 0 Å². The molecule has 0 nitrogen and oxygen atoms in total. The Hall–Kier alpha value is 1.81. The fourth-order valence-electron chi connectivity index (χ4n) is 0. The van der Waals surface area contributed by atoms with Crippen LogP contribution in [0, 0.1) is 0 Å². The van der Waals surface area contributed by atoms with Crippen molar-refractivity contribution < 1.29 is 42.1 Å². The van der Waals surface area contributed by atoms with E-state index in [1.54, 1.807) is 0 Å². The Morgan fingerprint density at radius 2 is 0.750 bits per heavy atom. The quantitative estimate of drug-likeness (QED) is 0.510. The van der Waals surface area contributed by atoms with Crippen molar-refractivity contribution in [1.82, 2.24) is 0 Å². The van der Waals surface area contributed by atoms with Crippen LogP contribution in [0.25, 0.3) is 0 Å². The Balaban J connectivity index is 0. The van der Waals surface area contributed by atoms with Gasteiger partial charge in [0, 0.05) is 64.1 Å². The van der Waals surface area contributed by atoms with E-state index in [1.165, 1.54) is 0 Å². The predicted octanol–water partition coefficient (Wildman–Crippen LogP) is -0.767. The van der Waals surface area contributed by atoms with E-state index in [4.69, 9.17) is 0 Å². The average molecular weight is 336 g/mol. The van der Waals surface area contributed by atoms with E-state index < -0.39 is 0 Å². The van der Waals surface area contributed by atoms with Crippen LogP contribution < -0.4 is 0 Å². The fraction of sp³-hybridized carbons (Fsp3) is 0. The Kier molecular flexibility index (Phi) is 219. The maximum Gasteiger partial charge on any atom is 0 e. The zero-order chi connectivity index (χ0) is 0. The van der Waals surface area contributed by atoms with Crippen molar-refractivity contribution in [2.75, 3.05) is 0 Å². The molecule has 0 unspecified atom stereocenters. The summed E-state index contributed by atoms with van der Waals surface area (Å²) in [6, 6.07) is 0. The molecule has 20 valence electrons. The first-order chi connectivity index (χ1) is 0. The summed E-state index contributed by atoms with van der Waals surface area (Å²) >= 11 is 0. The standard InChI is InChI=1S/Mo.2Si.W. The van der Waals surface area contributed by atoms with Gasteiger partial charge in [-0.2, -0.15) is 0 Å². The zero-order valence-electron chi connectivity index (χ0n) is 1.82. The molecule has 0 rings (SSSR count). The Morgan fingerprint density at radius 3 is 0.750 bits per heavy atom. The summed E-state index contributed by atoms with van der Waals surface area (Å²) in [6.45, 7) is 0. The van der Waals surface area contributed by atoms with Crippen LogP contribution in [0.1, 0.15) is 0 Å². The third kappa shape index (κ3) is 9.18. The first-order valence-corrected chi connectivity index (χ1v) is 0. The van der Waals surface area contributed by atoms with E-state index in [9.17, 15) is 0 Å². The fourth-order valence-corrected chi connectivity index (χ4v) is 0. The van der Waals surface area contributed by atoms with Crippen molar-refractivity contribution >= 4 is 21.9 Å². The SMILES string of the molecule is [Mo].[Si].[Si].[W]. The van der Waals surface area contributed by atoms with Crippen molar-refractivity contribution in [3.8, 4) is 0 Å². The number of hydrogen-bond donors (Lipinski definition) is 0. The van der Waals surface area contributed by atoms with Gasteiger partial charge in [0.2, 0.25) is 0 Å². The summed E-state index contributed by atoms with van der Waals surface area (Å²) in [7, 11) is 0. The molecule has 0 aromatic heterocycles. The van der Waals surface area contributed by atoms with Gasteiger partial charge in [-0.25, -0.2) is 0 Å². The molecular weight excluding hydrogens is 336 g/mol. The molecule has 0 amide bonds. The zero-order valence-corrected chi connectivity index (χ0v) is 8.76. The minimum absolute atomic E-state index is 0. The molecule has 0 N–H and O–H groups in total. The molecule has 0 aliphatic carbocycles. The molecule has 0 heterocycles. The van der Waals surface area contributed by atoms with Gasteiger partial charge < -0.3 is 0 Å². The van der Waals surface area contributed by atoms with Crippen molar-refractivity contribution in [3.63, 3.8) is 0 Å². The molecule has 0 saturated heterocycles. The smallest absolute Gasteiger partial charge is 0 e. The molecule has 0 saturated carbocycles. The molecule has 0 bridgehead atoms. The molecule has 0 atom stereocenters. The molecule has 0 aromatic carbocycles. The third-order valence-electron chi connectivity index (χ3n) is 0. The van der Waals surface area contributed by atoms with E-state index in [2.05, 4.69) is 0 Å². The molecule has 0 spiro atoms. The molecule has 8 radical (unpaired) electrons. The minimum Gasteiger partial charge on any atom is 0 e. The van der Waals surface area contributed by atoms with Crippen molar-refractivity contribution in [2.24, 2.45) is 0 Å². The largest absolute Gasteiger partial charge is 0 e. The predicted molar refractivity (Wildman–Crippen MR) is 11.5 cm³/mol. The number of hydrogen-bond acceptors (Lipinski definition) is 0. The second-order valence-electron chi connectivity index (χ2n) is 0. The van der Waals surface area contributed by atoms with Crippen molar-refractivity contribution in [3.05, 3.63) is 0 Å². The third-order valence-corrected chi connectivity index (χ3v) is 0. The van der Waals surface area contributed by atoms with Gasteiger partial charge >= 0.3 is 0 Å². The molecule has 0 aliphatic rings. The summed E-state index contributed by atoms with van der Waals surface area (Å²) in [6.07, 6.45) is 0. The molecular formula is MoSi2W. The summed E-state index contributed by atoms with van der Waals surface area (Å²) in [4.78, 5) is 0. The second-order valence-corrected chi connectivity index (χ2v) is 0. The van der Waals surface area contributed by atoms with Gasteiger partial charge in [0.05, 0.1) is 0 Å². The molecule has 0 aromatic rings. The summed E-state index contributed by atoms with van der Waals surface area (Å²) in [5, 5.41) is 0. The normalized spacial score (nSPS) is 0. The van der Waals surface area contributed by atoms with E-state index >= 15 is 0 Å². The number of rotatable bonds is 0. The van der Waals surface area contributed by atoms with Crippen LogP contribution in [0.15, 0.2) is 0 Å². The van der Waals surface area contributed by atoms with Gasteiger partial charge in [-0.05, 0) is 0 Å². The monoisotopic (exact) mass is 338 g/mol. The Labute approximate surface area is 63.7 Å². The maximum absolute atomic E-state index is 0. The molecule has 4 heavy (non-hydrogen) atoms. The van der Waals surface area contributed by atoms with Crippen LogP contribution in [0.4, 0.5) is 0 Å². The van der Waals surface area contributed by atoms with Gasteiger partial charge in [0.25, 0.3) is 0 Å². The summed E-state index contributed by atoms with van der Waals surface area (Å²) in [5.74, 6) is 0. The van der Waals surface area contributed by atoms with E-state index in [1.807, 2.05) is 0 Å². The van der Waals surface area contributed by atoms with Crippen LogP contribution in [-0.2, 0) is 42.1 Å². The maximum atomic E-state index is 0. The van der Waals surface area contributed by atoms with Gasteiger partial charge in [0.1, 0.15) is 0 Å². The van der Waals surface area contributed by atoms with Crippen LogP contribution in [0.5, 0.6) is 0 Å². The molecule has 0 aliphatic heterocycles. The van der Waals surface area contributed by atoms with Crippen LogP contribution >= 0.6 is 0 Å². The van der Waals surface area contributed by atoms with Gasteiger partial charge in [0.15, 0.2) is 0 Å². The van der Waals surface area contributed by atoms with Gasteiger partial charge in [-0.3, -0.25) is 0 Å². The summed E-state index contributed by atoms with van der Waals surface area (Å²) < 4.78 is 0. The van der Waals surface area contributed by atoms with E-state index in [-0.39, 0.29) is 64.1 Å². The topological polar surface area (TPSA) is 0 Å². The second kappa shape index (κ2) is 21.3.